The molecular formula is C23H18F3N3O2. The molecular weight excluding hydrogens is 407 g/mol. The van der Waals surface area contributed by atoms with E-state index in [9.17, 15) is 22.8 Å². The van der Waals surface area contributed by atoms with Crippen LogP contribution in [0.15, 0.2) is 60.7 Å². The van der Waals surface area contributed by atoms with Gasteiger partial charge in [-0.1, -0.05) is 30.3 Å². The number of amides is 3. The van der Waals surface area contributed by atoms with Gasteiger partial charge in [0.25, 0.3) is 5.91 Å². The minimum atomic E-state index is -4.65. The van der Waals surface area contributed by atoms with Gasteiger partial charge in [-0.15, -0.1) is 0 Å². The third kappa shape index (κ3) is 4.23. The fourth-order valence-electron chi connectivity index (χ4n) is 3.61. The molecule has 1 aliphatic rings. The lowest BCUT2D eigenvalue weighted by Crippen LogP contribution is -2.20. The van der Waals surface area contributed by atoms with Gasteiger partial charge in [-0.3, -0.25) is 4.79 Å². The maximum absolute atomic E-state index is 13.9. The molecule has 0 unspecified atom stereocenters. The van der Waals surface area contributed by atoms with Crippen molar-refractivity contribution >= 4 is 23.3 Å². The van der Waals surface area contributed by atoms with Crippen molar-refractivity contribution in [1.29, 1.82) is 0 Å². The number of urea groups is 1. The van der Waals surface area contributed by atoms with Crippen molar-refractivity contribution < 1.29 is 22.8 Å². The van der Waals surface area contributed by atoms with E-state index in [0.717, 1.165) is 11.6 Å². The fraction of sp³-hybridized carbons (Fsp3) is 0.130. The Hall–Kier alpha value is -3.81. The Morgan fingerprint density at radius 2 is 1.58 bits per heavy atom. The molecule has 5 nitrogen and oxygen atoms in total. The second kappa shape index (κ2) is 7.79. The number of carbonyl (C=O) groups is 2. The second-order valence-corrected chi connectivity index (χ2v) is 7.22. The summed E-state index contributed by atoms with van der Waals surface area (Å²) in [4.78, 5) is 24.1. The van der Waals surface area contributed by atoms with Crippen LogP contribution in [0.5, 0.6) is 0 Å². The van der Waals surface area contributed by atoms with Crippen LogP contribution >= 0.6 is 0 Å². The topological polar surface area (TPSA) is 70.2 Å². The molecule has 0 saturated carbocycles. The third-order valence-electron chi connectivity index (χ3n) is 5.00. The van der Waals surface area contributed by atoms with E-state index >= 15 is 0 Å². The summed E-state index contributed by atoms with van der Waals surface area (Å²) >= 11 is 0. The smallest absolute Gasteiger partial charge is 0.348 e. The molecule has 0 radical (unpaired) electrons. The van der Waals surface area contributed by atoms with Gasteiger partial charge in [-0.2, -0.15) is 13.2 Å². The van der Waals surface area contributed by atoms with Gasteiger partial charge in [0.2, 0.25) is 0 Å². The van der Waals surface area contributed by atoms with Gasteiger partial charge >= 0.3 is 12.2 Å². The Morgan fingerprint density at radius 1 is 0.903 bits per heavy atom. The Labute approximate surface area is 176 Å². The minimum absolute atomic E-state index is 0.00278. The third-order valence-corrected chi connectivity index (χ3v) is 5.00. The van der Waals surface area contributed by atoms with Gasteiger partial charge in [0, 0.05) is 23.5 Å². The largest absolute Gasteiger partial charge is 0.417 e. The van der Waals surface area contributed by atoms with Crippen molar-refractivity contribution in [3.05, 3.63) is 82.9 Å². The van der Waals surface area contributed by atoms with Crippen LogP contribution in [-0.4, -0.2) is 11.9 Å². The summed E-state index contributed by atoms with van der Waals surface area (Å²) < 4.78 is 41.6. The molecule has 3 amide bonds. The summed E-state index contributed by atoms with van der Waals surface area (Å²) in [6.07, 6.45) is -4.65. The molecule has 0 aliphatic carbocycles. The Balaban J connectivity index is 1.66. The first-order valence-electron chi connectivity index (χ1n) is 9.49. The van der Waals surface area contributed by atoms with Crippen LogP contribution in [0.1, 0.15) is 27.0 Å². The summed E-state index contributed by atoms with van der Waals surface area (Å²) in [5.74, 6) is -0.309. The van der Waals surface area contributed by atoms with Gasteiger partial charge in [0.1, 0.15) is 0 Å². The monoisotopic (exact) mass is 425 g/mol. The van der Waals surface area contributed by atoms with Crippen molar-refractivity contribution in [1.82, 2.24) is 5.32 Å². The predicted octanol–water partition coefficient (Wildman–Crippen LogP) is 5.57. The number of nitrogens with one attached hydrogen (secondary N) is 3. The first-order valence-corrected chi connectivity index (χ1v) is 9.49. The van der Waals surface area contributed by atoms with Crippen LogP contribution in [0.4, 0.5) is 29.3 Å². The number of hydrogen-bond acceptors (Lipinski definition) is 2. The quantitative estimate of drug-likeness (QED) is 0.514. The highest BCUT2D eigenvalue weighted by molar-refractivity contribution is 6.01. The Kier molecular flexibility index (Phi) is 5.14. The van der Waals surface area contributed by atoms with Crippen molar-refractivity contribution in [2.45, 2.75) is 19.6 Å². The van der Waals surface area contributed by atoms with E-state index in [2.05, 4.69) is 16.0 Å². The molecule has 31 heavy (non-hydrogen) atoms. The normalized spacial score (nSPS) is 12.8. The molecule has 0 saturated heterocycles. The summed E-state index contributed by atoms with van der Waals surface area (Å²) in [5, 5.41) is 7.67. The molecule has 1 heterocycles. The zero-order valence-corrected chi connectivity index (χ0v) is 16.4. The van der Waals surface area contributed by atoms with Gasteiger partial charge < -0.3 is 16.0 Å². The average molecular weight is 425 g/mol. The number of hydrogen-bond donors (Lipinski definition) is 3. The average Bonchev–Trinajstić information content (AvgIpc) is 3.08. The number of carbonyl (C=O) groups excluding carboxylic acids is 2. The van der Waals surface area contributed by atoms with Crippen molar-refractivity contribution in [2.24, 2.45) is 0 Å². The molecule has 3 aromatic rings. The van der Waals surface area contributed by atoms with Crippen LogP contribution in [0.3, 0.4) is 0 Å². The van der Waals surface area contributed by atoms with Crippen molar-refractivity contribution in [2.75, 3.05) is 10.6 Å². The molecule has 158 valence electrons. The molecule has 0 fully saturated rings. The highest BCUT2D eigenvalue weighted by atomic mass is 19.4. The number of alkyl halides is 3. The number of anilines is 2. The van der Waals surface area contributed by atoms with E-state index in [1.165, 1.54) is 12.1 Å². The molecule has 8 heteroatoms. The molecule has 0 aromatic heterocycles. The van der Waals surface area contributed by atoms with E-state index in [1.807, 2.05) is 13.0 Å². The summed E-state index contributed by atoms with van der Waals surface area (Å²) in [5.41, 5.74) is 1.74. The SMILES string of the molecule is Cc1cccc(NC(=O)Nc2ccc(-c3cccc4c3CNC4=O)c(C(F)(F)F)c2)c1. The van der Waals surface area contributed by atoms with Crippen LogP contribution in [0, 0.1) is 6.92 Å². The van der Waals surface area contributed by atoms with Crippen LogP contribution in [0.2, 0.25) is 0 Å². The summed E-state index contributed by atoms with van der Waals surface area (Å²) in [6, 6.07) is 14.7. The number of rotatable bonds is 3. The highest BCUT2D eigenvalue weighted by Gasteiger charge is 2.35. The summed E-state index contributed by atoms with van der Waals surface area (Å²) in [7, 11) is 0. The molecule has 4 rings (SSSR count). The molecule has 0 spiro atoms. The zero-order chi connectivity index (χ0) is 22.2. The second-order valence-electron chi connectivity index (χ2n) is 7.22. The van der Waals surface area contributed by atoms with Gasteiger partial charge in [0.15, 0.2) is 0 Å². The predicted molar refractivity (Wildman–Crippen MR) is 112 cm³/mol. The first-order chi connectivity index (χ1) is 14.7. The van der Waals surface area contributed by atoms with Crippen molar-refractivity contribution in [3.8, 4) is 11.1 Å². The number of fused-ring (bicyclic) bond motifs is 1. The Morgan fingerprint density at radius 3 is 2.29 bits per heavy atom. The van der Waals surface area contributed by atoms with E-state index in [1.54, 1.807) is 36.4 Å². The Bertz CT molecular complexity index is 1190. The molecule has 1 aliphatic heterocycles. The summed E-state index contributed by atoms with van der Waals surface area (Å²) in [6.45, 7) is 2.03. The molecule has 3 aromatic carbocycles. The van der Waals surface area contributed by atoms with E-state index in [4.69, 9.17) is 0 Å². The zero-order valence-electron chi connectivity index (χ0n) is 16.4. The maximum Gasteiger partial charge on any atom is 0.417 e. The molecule has 3 N–H and O–H groups in total. The lowest BCUT2D eigenvalue weighted by atomic mass is 9.93. The van der Waals surface area contributed by atoms with Crippen LogP contribution in [0.25, 0.3) is 11.1 Å². The lowest BCUT2D eigenvalue weighted by molar-refractivity contribution is -0.137. The minimum Gasteiger partial charge on any atom is -0.348 e. The van der Waals surface area contributed by atoms with E-state index in [-0.39, 0.29) is 23.7 Å². The standard InChI is InChI=1S/C23H18F3N3O2/c1-13-4-2-5-14(10-13)28-22(31)29-15-8-9-17(20(11-15)23(24,25)26)16-6-3-7-18-19(16)12-27-21(18)30/h2-11H,12H2,1H3,(H,27,30)(H2,28,29,31). The highest BCUT2D eigenvalue weighted by Crippen LogP contribution is 2.41. The van der Waals surface area contributed by atoms with Gasteiger partial charge in [0.05, 0.1) is 5.56 Å². The maximum atomic E-state index is 13.9. The first kappa shape index (κ1) is 20.5. The number of halogens is 3. The number of aryl methyl sites for hydroxylation is 1. The van der Waals surface area contributed by atoms with Crippen molar-refractivity contribution in [3.63, 3.8) is 0 Å². The fourth-order valence-corrected chi connectivity index (χ4v) is 3.61. The van der Waals surface area contributed by atoms with E-state index < -0.39 is 17.8 Å². The van der Waals surface area contributed by atoms with Gasteiger partial charge in [-0.05, 0) is 59.5 Å². The van der Waals surface area contributed by atoms with E-state index in [0.29, 0.717) is 22.4 Å². The van der Waals surface area contributed by atoms with Crippen LogP contribution < -0.4 is 16.0 Å². The molecule has 0 atom stereocenters. The molecule has 0 bridgehead atoms. The van der Waals surface area contributed by atoms with Crippen LogP contribution in [-0.2, 0) is 12.7 Å². The lowest BCUT2D eigenvalue weighted by Gasteiger charge is -2.17. The van der Waals surface area contributed by atoms with Gasteiger partial charge in [-0.25, -0.2) is 4.79 Å². The number of benzene rings is 3.